The maximum absolute atomic E-state index is 12.0. The SMILES string of the molecule is CONC(=O)[C@@H]1CCCN1/N=C/c1ccc(OC)c(OCC(C)C)c1. The van der Waals surface area contributed by atoms with Crippen LogP contribution in [-0.4, -0.2) is 50.5 Å². The Labute approximate surface area is 148 Å². The standard InChI is InChI=1S/C18H27N3O4/c1-13(2)12-25-17-10-14(7-8-16(17)23-3)11-19-21-9-5-6-15(21)18(22)20-24-4/h7-8,10-11,13,15H,5-6,9,12H2,1-4H3,(H,20,22)/b19-11+/t15-/m0/s1. The topological polar surface area (TPSA) is 72.4 Å². The van der Waals surface area contributed by atoms with Gasteiger partial charge in [-0.05, 0) is 42.5 Å². The molecule has 0 aliphatic carbocycles. The molecule has 0 bridgehead atoms. The molecule has 0 saturated carbocycles. The fourth-order valence-electron chi connectivity index (χ4n) is 2.61. The summed E-state index contributed by atoms with van der Waals surface area (Å²) in [5.41, 5.74) is 3.26. The van der Waals surface area contributed by atoms with Gasteiger partial charge in [0.15, 0.2) is 11.5 Å². The summed E-state index contributed by atoms with van der Waals surface area (Å²) in [4.78, 5) is 16.7. The Kier molecular flexibility index (Phi) is 7.06. The minimum atomic E-state index is -0.300. The Hall–Kier alpha value is -2.28. The van der Waals surface area contributed by atoms with Crippen LogP contribution in [0, 0.1) is 5.92 Å². The summed E-state index contributed by atoms with van der Waals surface area (Å²) >= 11 is 0. The van der Waals surface area contributed by atoms with E-state index in [1.165, 1.54) is 7.11 Å². The van der Waals surface area contributed by atoms with E-state index in [1.807, 2.05) is 18.2 Å². The number of ether oxygens (including phenoxy) is 2. The maximum Gasteiger partial charge on any atom is 0.267 e. The van der Waals surface area contributed by atoms with E-state index in [0.29, 0.717) is 24.0 Å². The molecule has 2 rings (SSSR count). The predicted molar refractivity (Wildman–Crippen MR) is 95.8 cm³/mol. The van der Waals surface area contributed by atoms with E-state index in [2.05, 4.69) is 24.4 Å². The summed E-state index contributed by atoms with van der Waals surface area (Å²) in [6.07, 6.45) is 3.42. The monoisotopic (exact) mass is 349 g/mol. The molecule has 1 heterocycles. The van der Waals surface area contributed by atoms with Crippen molar-refractivity contribution in [2.24, 2.45) is 11.0 Å². The quantitative estimate of drug-likeness (QED) is 0.575. The molecule has 138 valence electrons. The highest BCUT2D eigenvalue weighted by molar-refractivity contribution is 5.83. The van der Waals surface area contributed by atoms with Gasteiger partial charge in [0.1, 0.15) is 6.04 Å². The van der Waals surface area contributed by atoms with Gasteiger partial charge >= 0.3 is 0 Å². The lowest BCUT2D eigenvalue weighted by Crippen LogP contribution is -2.40. The third kappa shape index (κ3) is 5.35. The van der Waals surface area contributed by atoms with Crippen LogP contribution in [0.15, 0.2) is 23.3 Å². The minimum Gasteiger partial charge on any atom is -0.493 e. The molecule has 1 saturated heterocycles. The zero-order chi connectivity index (χ0) is 18.2. The molecule has 1 N–H and O–H groups in total. The highest BCUT2D eigenvalue weighted by Crippen LogP contribution is 2.28. The van der Waals surface area contributed by atoms with Crippen LogP contribution >= 0.6 is 0 Å². The van der Waals surface area contributed by atoms with E-state index < -0.39 is 0 Å². The normalized spacial score (nSPS) is 17.3. The van der Waals surface area contributed by atoms with Crippen molar-refractivity contribution in [3.63, 3.8) is 0 Å². The molecule has 1 atom stereocenters. The van der Waals surface area contributed by atoms with Crippen molar-refractivity contribution in [1.29, 1.82) is 0 Å². The largest absolute Gasteiger partial charge is 0.493 e. The van der Waals surface area contributed by atoms with Crippen LogP contribution < -0.4 is 15.0 Å². The summed E-state index contributed by atoms with van der Waals surface area (Å²) in [5, 5.41) is 6.25. The number of carbonyl (C=O) groups excluding carboxylic acids is 1. The molecule has 1 aromatic carbocycles. The Balaban J connectivity index is 2.09. The number of carbonyl (C=O) groups is 1. The first-order valence-electron chi connectivity index (χ1n) is 8.49. The molecule has 1 fully saturated rings. The highest BCUT2D eigenvalue weighted by Gasteiger charge is 2.29. The molecule has 1 amide bonds. The lowest BCUT2D eigenvalue weighted by atomic mass is 10.2. The smallest absolute Gasteiger partial charge is 0.267 e. The molecular weight excluding hydrogens is 322 g/mol. The number of methoxy groups -OCH3 is 1. The van der Waals surface area contributed by atoms with Gasteiger partial charge < -0.3 is 9.47 Å². The number of nitrogens with one attached hydrogen (secondary N) is 1. The molecular formula is C18H27N3O4. The van der Waals surface area contributed by atoms with Gasteiger partial charge in [0.05, 0.1) is 27.0 Å². The second-order valence-electron chi connectivity index (χ2n) is 6.35. The average Bonchev–Trinajstić information content (AvgIpc) is 3.07. The Morgan fingerprint density at radius 1 is 1.40 bits per heavy atom. The molecule has 0 aromatic heterocycles. The first kappa shape index (κ1) is 19.1. The van der Waals surface area contributed by atoms with E-state index in [1.54, 1.807) is 18.3 Å². The van der Waals surface area contributed by atoms with Crippen LogP contribution in [0.4, 0.5) is 0 Å². The number of nitrogens with zero attached hydrogens (tertiary/aromatic N) is 2. The number of hydroxylamine groups is 1. The summed E-state index contributed by atoms with van der Waals surface area (Å²) < 4.78 is 11.2. The van der Waals surface area contributed by atoms with Gasteiger partial charge in [-0.25, -0.2) is 5.48 Å². The summed E-state index contributed by atoms with van der Waals surface area (Å²) in [6.45, 7) is 5.54. The van der Waals surface area contributed by atoms with Crippen molar-refractivity contribution in [3.8, 4) is 11.5 Å². The highest BCUT2D eigenvalue weighted by atomic mass is 16.6. The van der Waals surface area contributed by atoms with Crippen LogP contribution in [0.5, 0.6) is 11.5 Å². The van der Waals surface area contributed by atoms with Crippen molar-refractivity contribution in [2.75, 3.05) is 27.4 Å². The third-order valence-corrected chi connectivity index (χ3v) is 3.84. The van der Waals surface area contributed by atoms with Crippen molar-refractivity contribution >= 4 is 12.1 Å². The van der Waals surface area contributed by atoms with Gasteiger partial charge in [-0.15, -0.1) is 0 Å². The number of benzene rings is 1. The number of hydrogen-bond acceptors (Lipinski definition) is 6. The van der Waals surface area contributed by atoms with Crippen LogP contribution in [0.25, 0.3) is 0 Å². The lowest BCUT2D eigenvalue weighted by Gasteiger charge is -2.20. The fraction of sp³-hybridized carbons (Fsp3) is 0.556. The predicted octanol–water partition coefficient (Wildman–Crippen LogP) is 2.21. The van der Waals surface area contributed by atoms with E-state index in [4.69, 9.17) is 14.3 Å². The number of hydrogen-bond donors (Lipinski definition) is 1. The van der Waals surface area contributed by atoms with Gasteiger partial charge in [0, 0.05) is 6.54 Å². The Bertz CT molecular complexity index is 604. The van der Waals surface area contributed by atoms with Crippen LogP contribution in [0.2, 0.25) is 0 Å². The van der Waals surface area contributed by atoms with Gasteiger partial charge in [-0.2, -0.15) is 5.10 Å². The van der Waals surface area contributed by atoms with Gasteiger partial charge in [0.25, 0.3) is 5.91 Å². The minimum absolute atomic E-state index is 0.173. The zero-order valence-corrected chi connectivity index (χ0v) is 15.3. The summed E-state index contributed by atoms with van der Waals surface area (Å²) in [7, 11) is 3.05. The molecule has 1 aliphatic heterocycles. The lowest BCUT2D eigenvalue weighted by molar-refractivity contribution is -0.135. The van der Waals surface area contributed by atoms with Crippen molar-refractivity contribution in [3.05, 3.63) is 23.8 Å². The van der Waals surface area contributed by atoms with E-state index in [0.717, 1.165) is 24.9 Å². The Morgan fingerprint density at radius 3 is 2.88 bits per heavy atom. The Morgan fingerprint density at radius 2 is 2.20 bits per heavy atom. The molecule has 0 unspecified atom stereocenters. The number of hydrazone groups is 1. The fourth-order valence-corrected chi connectivity index (χ4v) is 2.61. The number of amides is 1. The van der Waals surface area contributed by atoms with E-state index in [9.17, 15) is 4.79 Å². The molecule has 7 nitrogen and oxygen atoms in total. The molecule has 25 heavy (non-hydrogen) atoms. The molecule has 1 aromatic rings. The maximum atomic E-state index is 12.0. The summed E-state index contributed by atoms with van der Waals surface area (Å²) in [5.74, 6) is 1.63. The third-order valence-electron chi connectivity index (χ3n) is 3.84. The molecule has 0 spiro atoms. The first-order chi connectivity index (χ1) is 12.0. The van der Waals surface area contributed by atoms with Crippen molar-refractivity contribution in [1.82, 2.24) is 10.5 Å². The summed E-state index contributed by atoms with van der Waals surface area (Å²) in [6, 6.07) is 5.36. The zero-order valence-electron chi connectivity index (χ0n) is 15.3. The average molecular weight is 349 g/mol. The van der Waals surface area contributed by atoms with Gasteiger partial charge in [-0.3, -0.25) is 14.6 Å². The molecule has 1 aliphatic rings. The van der Waals surface area contributed by atoms with E-state index >= 15 is 0 Å². The van der Waals surface area contributed by atoms with Crippen molar-refractivity contribution < 1.29 is 19.1 Å². The van der Waals surface area contributed by atoms with Gasteiger partial charge in [0.2, 0.25) is 0 Å². The second kappa shape index (κ2) is 9.27. The van der Waals surface area contributed by atoms with Gasteiger partial charge in [-0.1, -0.05) is 13.8 Å². The van der Waals surface area contributed by atoms with E-state index in [-0.39, 0.29) is 11.9 Å². The van der Waals surface area contributed by atoms with Crippen molar-refractivity contribution in [2.45, 2.75) is 32.7 Å². The van der Waals surface area contributed by atoms with Crippen LogP contribution in [0.3, 0.4) is 0 Å². The molecule has 7 heteroatoms. The first-order valence-corrected chi connectivity index (χ1v) is 8.49. The van der Waals surface area contributed by atoms with Crippen LogP contribution in [-0.2, 0) is 9.63 Å². The van der Waals surface area contributed by atoms with Crippen LogP contribution in [0.1, 0.15) is 32.3 Å². The number of rotatable bonds is 8. The second-order valence-corrected chi connectivity index (χ2v) is 6.35. The molecule has 0 radical (unpaired) electrons.